The third kappa shape index (κ3) is 4.25. The van der Waals surface area contributed by atoms with E-state index < -0.39 is 0 Å². The second-order valence-electron chi connectivity index (χ2n) is 7.03. The quantitative estimate of drug-likeness (QED) is 0.904. The number of likely N-dealkylation sites (tertiary alicyclic amines) is 1. The average Bonchev–Trinajstić information content (AvgIpc) is 2.90. The summed E-state index contributed by atoms with van der Waals surface area (Å²) in [6.45, 7) is 5.26. The third-order valence-electron chi connectivity index (χ3n) is 5.02. The van der Waals surface area contributed by atoms with Gasteiger partial charge in [-0.25, -0.2) is 4.98 Å². The first-order chi connectivity index (χ1) is 12.4. The Labute approximate surface area is 149 Å². The van der Waals surface area contributed by atoms with Crippen molar-refractivity contribution in [2.45, 2.75) is 38.3 Å². The normalized spacial score (nSPS) is 19.3. The molecule has 25 heavy (non-hydrogen) atoms. The second-order valence-corrected chi connectivity index (χ2v) is 7.03. The fourth-order valence-electron chi connectivity index (χ4n) is 3.61. The SMILES string of the molecule is c1cc(CN2CC(Nc3nccc(N4CCCCCC4)n3)C2)ccn1. The molecule has 6 heteroatoms. The minimum Gasteiger partial charge on any atom is -0.356 e. The molecule has 0 bridgehead atoms. The van der Waals surface area contributed by atoms with Crippen LogP contribution in [0.15, 0.2) is 36.8 Å². The van der Waals surface area contributed by atoms with E-state index in [1.54, 1.807) is 0 Å². The number of pyridine rings is 1. The summed E-state index contributed by atoms with van der Waals surface area (Å²) in [5.74, 6) is 1.82. The molecule has 2 fully saturated rings. The summed E-state index contributed by atoms with van der Waals surface area (Å²) in [7, 11) is 0. The van der Waals surface area contributed by atoms with Gasteiger partial charge in [0.05, 0.1) is 6.04 Å². The fourth-order valence-corrected chi connectivity index (χ4v) is 3.61. The van der Waals surface area contributed by atoms with Crippen molar-refractivity contribution in [3.8, 4) is 0 Å². The first kappa shape index (κ1) is 16.3. The van der Waals surface area contributed by atoms with Crippen LogP contribution in [0.4, 0.5) is 11.8 Å². The lowest BCUT2D eigenvalue weighted by atomic mass is 10.1. The molecule has 0 atom stereocenters. The van der Waals surface area contributed by atoms with Crippen LogP contribution < -0.4 is 10.2 Å². The lowest BCUT2D eigenvalue weighted by Gasteiger charge is -2.39. The molecule has 2 aromatic heterocycles. The lowest BCUT2D eigenvalue weighted by Crippen LogP contribution is -2.54. The molecule has 0 radical (unpaired) electrons. The summed E-state index contributed by atoms with van der Waals surface area (Å²) in [5.41, 5.74) is 1.31. The summed E-state index contributed by atoms with van der Waals surface area (Å²) in [4.78, 5) is 18.0. The van der Waals surface area contributed by atoms with Gasteiger partial charge >= 0.3 is 0 Å². The Morgan fingerprint density at radius 1 is 0.960 bits per heavy atom. The van der Waals surface area contributed by atoms with Crippen molar-refractivity contribution in [1.29, 1.82) is 0 Å². The molecule has 0 aliphatic carbocycles. The Hall–Kier alpha value is -2.21. The van der Waals surface area contributed by atoms with Crippen LogP contribution in [0.3, 0.4) is 0 Å². The third-order valence-corrected chi connectivity index (χ3v) is 5.02. The van der Waals surface area contributed by atoms with Gasteiger partial charge in [0.25, 0.3) is 0 Å². The van der Waals surface area contributed by atoms with Crippen molar-refractivity contribution in [1.82, 2.24) is 19.9 Å². The highest BCUT2D eigenvalue weighted by Crippen LogP contribution is 2.20. The van der Waals surface area contributed by atoms with Crippen LogP contribution in [0.25, 0.3) is 0 Å². The van der Waals surface area contributed by atoms with Gasteiger partial charge in [0.1, 0.15) is 5.82 Å². The standard InChI is InChI=1S/C19H26N6/c1-2-4-12-25(11-3-1)18-7-10-21-19(23-18)22-17-14-24(15-17)13-16-5-8-20-9-6-16/h5-10,17H,1-4,11-15H2,(H,21,22,23). The van der Waals surface area contributed by atoms with E-state index in [-0.39, 0.29) is 0 Å². The number of anilines is 2. The van der Waals surface area contributed by atoms with Gasteiger partial charge in [0.2, 0.25) is 5.95 Å². The number of aromatic nitrogens is 3. The second kappa shape index (κ2) is 7.78. The molecular weight excluding hydrogens is 312 g/mol. The topological polar surface area (TPSA) is 57.2 Å². The average molecular weight is 338 g/mol. The predicted molar refractivity (Wildman–Crippen MR) is 99.6 cm³/mol. The van der Waals surface area contributed by atoms with Gasteiger partial charge in [-0.15, -0.1) is 0 Å². The van der Waals surface area contributed by atoms with Gasteiger partial charge < -0.3 is 10.2 Å². The van der Waals surface area contributed by atoms with Crippen molar-refractivity contribution >= 4 is 11.8 Å². The number of hydrogen-bond donors (Lipinski definition) is 1. The van der Waals surface area contributed by atoms with Crippen LogP contribution in [0.1, 0.15) is 31.2 Å². The monoisotopic (exact) mass is 338 g/mol. The molecule has 0 saturated carbocycles. The molecule has 0 aromatic carbocycles. The van der Waals surface area contributed by atoms with Crippen molar-refractivity contribution < 1.29 is 0 Å². The molecule has 0 spiro atoms. The number of nitrogens with one attached hydrogen (secondary N) is 1. The predicted octanol–water partition coefficient (Wildman–Crippen LogP) is 2.55. The molecule has 4 heterocycles. The Kier molecular flexibility index (Phi) is 5.06. The van der Waals surface area contributed by atoms with Crippen molar-refractivity contribution in [2.75, 3.05) is 36.4 Å². The number of hydrogen-bond acceptors (Lipinski definition) is 6. The summed E-state index contributed by atoms with van der Waals surface area (Å²) < 4.78 is 0. The van der Waals surface area contributed by atoms with Crippen LogP contribution >= 0.6 is 0 Å². The maximum Gasteiger partial charge on any atom is 0.224 e. The molecule has 2 aromatic rings. The van der Waals surface area contributed by atoms with E-state index >= 15 is 0 Å². The molecule has 1 N–H and O–H groups in total. The van der Waals surface area contributed by atoms with Gasteiger partial charge in [-0.05, 0) is 36.6 Å². The van der Waals surface area contributed by atoms with Gasteiger partial charge in [0, 0.05) is 51.3 Å². The zero-order valence-corrected chi connectivity index (χ0v) is 14.6. The molecule has 6 nitrogen and oxygen atoms in total. The summed E-state index contributed by atoms with van der Waals surface area (Å²) >= 11 is 0. The van der Waals surface area contributed by atoms with E-state index in [0.29, 0.717) is 6.04 Å². The van der Waals surface area contributed by atoms with Crippen LogP contribution in [0.2, 0.25) is 0 Å². The molecule has 0 amide bonds. The van der Waals surface area contributed by atoms with E-state index in [4.69, 9.17) is 4.98 Å². The number of rotatable bonds is 5. The van der Waals surface area contributed by atoms with Crippen molar-refractivity contribution in [2.24, 2.45) is 0 Å². The van der Waals surface area contributed by atoms with Crippen LogP contribution in [-0.4, -0.2) is 52.1 Å². The van der Waals surface area contributed by atoms with E-state index in [1.165, 1.54) is 31.2 Å². The number of nitrogens with zero attached hydrogens (tertiary/aromatic N) is 5. The molecule has 2 saturated heterocycles. The van der Waals surface area contributed by atoms with Crippen LogP contribution in [0.5, 0.6) is 0 Å². The lowest BCUT2D eigenvalue weighted by molar-refractivity contribution is 0.152. The minimum atomic E-state index is 0.432. The van der Waals surface area contributed by atoms with Gasteiger partial charge in [0.15, 0.2) is 0 Å². The largest absolute Gasteiger partial charge is 0.356 e. The van der Waals surface area contributed by atoms with Crippen molar-refractivity contribution in [3.05, 3.63) is 42.4 Å². The molecular formula is C19H26N6. The molecule has 0 unspecified atom stereocenters. The zero-order chi connectivity index (χ0) is 16.9. The molecule has 2 aliphatic rings. The van der Waals surface area contributed by atoms with Crippen LogP contribution in [-0.2, 0) is 6.54 Å². The van der Waals surface area contributed by atoms with Gasteiger partial charge in [-0.3, -0.25) is 9.88 Å². The molecule has 4 rings (SSSR count). The minimum absolute atomic E-state index is 0.432. The van der Waals surface area contributed by atoms with Crippen molar-refractivity contribution in [3.63, 3.8) is 0 Å². The molecule has 2 aliphatic heterocycles. The van der Waals surface area contributed by atoms with Crippen LogP contribution in [0, 0.1) is 0 Å². The fraction of sp³-hybridized carbons (Fsp3) is 0.526. The Balaban J connectivity index is 1.29. The highest BCUT2D eigenvalue weighted by atomic mass is 15.3. The maximum absolute atomic E-state index is 4.75. The first-order valence-electron chi connectivity index (χ1n) is 9.32. The Morgan fingerprint density at radius 2 is 1.72 bits per heavy atom. The van der Waals surface area contributed by atoms with E-state index in [2.05, 4.69) is 37.2 Å². The summed E-state index contributed by atoms with van der Waals surface area (Å²) in [5, 5.41) is 3.49. The van der Waals surface area contributed by atoms with Gasteiger partial charge in [-0.2, -0.15) is 4.98 Å². The Bertz CT molecular complexity index is 663. The first-order valence-corrected chi connectivity index (χ1v) is 9.32. The summed E-state index contributed by atoms with van der Waals surface area (Å²) in [6.07, 6.45) is 10.8. The smallest absolute Gasteiger partial charge is 0.224 e. The molecule has 132 valence electrons. The zero-order valence-electron chi connectivity index (χ0n) is 14.6. The van der Waals surface area contributed by atoms with E-state index in [1.807, 2.05) is 24.7 Å². The highest BCUT2D eigenvalue weighted by Gasteiger charge is 2.27. The van der Waals surface area contributed by atoms with Gasteiger partial charge in [-0.1, -0.05) is 12.8 Å². The van der Waals surface area contributed by atoms with E-state index in [9.17, 15) is 0 Å². The maximum atomic E-state index is 4.75. The van der Waals surface area contributed by atoms with E-state index in [0.717, 1.165) is 44.5 Å². The Morgan fingerprint density at radius 3 is 2.48 bits per heavy atom. The highest BCUT2D eigenvalue weighted by molar-refractivity contribution is 5.43. The summed E-state index contributed by atoms with van der Waals surface area (Å²) in [6, 6.07) is 6.62.